The molecule has 128 valence electrons. The molecular weight excluding hydrogens is 300 g/mol. The highest BCUT2D eigenvalue weighted by atomic mass is 16.2. The summed E-state index contributed by atoms with van der Waals surface area (Å²) in [5.74, 6) is 0.234. The van der Waals surface area contributed by atoms with E-state index in [1.54, 1.807) is 0 Å². The predicted octanol–water partition coefficient (Wildman–Crippen LogP) is 3.16. The summed E-state index contributed by atoms with van der Waals surface area (Å²) in [7, 11) is 0. The van der Waals surface area contributed by atoms with Crippen molar-refractivity contribution < 1.29 is 4.79 Å². The number of nitrogens with zero attached hydrogens (tertiary/aromatic N) is 4. The van der Waals surface area contributed by atoms with Crippen molar-refractivity contribution in [2.24, 2.45) is 0 Å². The van der Waals surface area contributed by atoms with Gasteiger partial charge in [0.05, 0.1) is 5.69 Å². The molecule has 5 nitrogen and oxygen atoms in total. The van der Waals surface area contributed by atoms with E-state index in [1.807, 2.05) is 29.3 Å². The van der Waals surface area contributed by atoms with Gasteiger partial charge in [-0.05, 0) is 53.0 Å². The van der Waals surface area contributed by atoms with Crippen molar-refractivity contribution in [1.82, 2.24) is 19.5 Å². The molecule has 0 saturated carbocycles. The number of amides is 1. The molecule has 0 unspecified atom stereocenters. The van der Waals surface area contributed by atoms with Crippen molar-refractivity contribution in [3.63, 3.8) is 0 Å². The number of hydrogen-bond acceptors (Lipinski definition) is 3. The molecule has 0 atom stereocenters. The van der Waals surface area contributed by atoms with Crippen LogP contribution in [0.2, 0.25) is 0 Å². The minimum absolute atomic E-state index is 0.234. The number of hydrogen-bond donors (Lipinski definition) is 0. The summed E-state index contributed by atoms with van der Waals surface area (Å²) < 4.78 is 1.89. The SMILES string of the molecule is CC1=C(C)CN(C(=O)CCc2c(C)nc3cc(C)nn3c2C)CC1. The highest BCUT2D eigenvalue weighted by Gasteiger charge is 2.20. The van der Waals surface area contributed by atoms with Gasteiger partial charge in [-0.15, -0.1) is 0 Å². The van der Waals surface area contributed by atoms with Crippen molar-refractivity contribution in [3.8, 4) is 0 Å². The maximum atomic E-state index is 12.6. The van der Waals surface area contributed by atoms with Gasteiger partial charge in [-0.3, -0.25) is 4.79 Å². The maximum Gasteiger partial charge on any atom is 0.223 e. The lowest BCUT2D eigenvalue weighted by Gasteiger charge is -2.29. The average Bonchev–Trinajstić information content (AvgIpc) is 2.90. The van der Waals surface area contributed by atoms with Crippen molar-refractivity contribution >= 4 is 11.6 Å². The minimum atomic E-state index is 0.234. The van der Waals surface area contributed by atoms with E-state index in [4.69, 9.17) is 0 Å². The lowest BCUT2D eigenvalue weighted by Crippen LogP contribution is -2.36. The van der Waals surface area contributed by atoms with Crippen LogP contribution in [-0.2, 0) is 11.2 Å². The molecule has 0 radical (unpaired) electrons. The summed E-state index contributed by atoms with van der Waals surface area (Å²) in [6.07, 6.45) is 2.24. The second-order valence-corrected chi connectivity index (χ2v) is 6.94. The smallest absolute Gasteiger partial charge is 0.223 e. The Labute approximate surface area is 143 Å². The summed E-state index contributed by atoms with van der Waals surface area (Å²) in [5.41, 5.74) is 7.82. The quantitative estimate of drug-likeness (QED) is 0.814. The highest BCUT2D eigenvalue weighted by molar-refractivity contribution is 5.77. The van der Waals surface area contributed by atoms with Crippen molar-refractivity contribution in [1.29, 1.82) is 0 Å². The Morgan fingerprint density at radius 2 is 1.92 bits per heavy atom. The normalized spacial score (nSPS) is 15.5. The minimum Gasteiger partial charge on any atom is -0.338 e. The molecule has 0 aromatic carbocycles. The highest BCUT2D eigenvalue weighted by Crippen LogP contribution is 2.20. The van der Waals surface area contributed by atoms with Crippen LogP contribution in [0.3, 0.4) is 0 Å². The summed E-state index contributed by atoms with van der Waals surface area (Å²) in [5, 5.41) is 4.50. The Bertz CT molecular complexity index is 831. The van der Waals surface area contributed by atoms with Gasteiger partial charge in [-0.2, -0.15) is 5.10 Å². The molecule has 0 N–H and O–H groups in total. The van der Waals surface area contributed by atoms with Crippen LogP contribution in [0.15, 0.2) is 17.2 Å². The first-order valence-electron chi connectivity index (χ1n) is 8.62. The molecule has 1 aliphatic heterocycles. The van der Waals surface area contributed by atoms with Crippen LogP contribution in [0.25, 0.3) is 5.65 Å². The second kappa shape index (κ2) is 6.38. The molecule has 0 fully saturated rings. The van der Waals surface area contributed by atoms with Gasteiger partial charge in [-0.1, -0.05) is 11.1 Å². The van der Waals surface area contributed by atoms with Crippen molar-refractivity contribution in [2.75, 3.05) is 13.1 Å². The maximum absolute atomic E-state index is 12.6. The molecule has 3 rings (SSSR count). The number of aryl methyl sites for hydroxylation is 3. The van der Waals surface area contributed by atoms with E-state index in [0.717, 1.165) is 54.2 Å². The molecule has 0 aliphatic carbocycles. The standard InChI is InChI=1S/C19H26N4O/c1-12-8-9-22(11-13(12)2)19(24)7-6-17-15(4)20-18-10-14(3)21-23(18)16(17)5/h10H,6-9,11H2,1-5H3. The summed E-state index contributed by atoms with van der Waals surface area (Å²) in [6.45, 7) is 12.0. The fourth-order valence-electron chi connectivity index (χ4n) is 3.42. The number of fused-ring (bicyclic) bond motifs is 1. The van der Waals surface area contributed by atoms with E-state index in [-0.39, 0.29) is 5.91 Å². The number of aromatic nitrogens is 3. The molecule has 0 saturated heterocycles. The third-order valence-corrected chi connectivity index (χ3v) is 5.14. The molecule has 0 bridgehead atoms. The molecule has 2 aromatic heterocycles. The van der Waals surface area contributed by atoms with E-state index in [1.165, 1.54) is 11.1 Å². The zero-order chi connectivity index (χ0) is 17.4. The molecule has 24 heavy (non-hydrogen) atoms. The van der Waals surface area contributed by atoms with Crippen LogP contribution < -0.4 is 0 Å². The first kappa shape index (κ1) is 16.7. The first-order valence-corrected chi connectivity index (χ1v) is 8.62. The molecule has 3 heterocycles. The van der Waals surface area contributed by atoms with E-state index >= 15 is 0 Å². The van der Waals surface area contributed by atoms with Crippen LogP contribution in [0.4, 0.5) is 0 Å². The monoisotopic (exact) mass is 326 g/mol. The van der Waals surface area contributed by atoms with E-state index in [9.17, 15) is 4.79 Å². The van der Waals surface area contributed by atoms with E-state index in [0.29, 0.717) is 6.42 Å². The van der Waals surface area contributed by atoms with Crippen LogP contribution in [0.1, 0.15) is 49.3 Å². The number of rotatable bonds is 3. The van der Waals surface area contributed by atoms with Gasteiger partial charge in [0.15, 0.2) is 5.65 Å². The van der Waals surface area contributed by atoms with Gasteiger partial charge in [0.2, 0.25) is 5.91 Å². The van der Waals surface area contributed by atoms with E-state index in [2.05, 4.69) is 30.9 Å². The van der Waals surface area contributed by atoms with Crippen LogP contribution in [0, 0.1) is 20.8 Å². The Balaban J connectivity index is 1.75. The van der Waals surface area contributed by atoms with Gasteiger partial charge in [0.25, 0.3) is 0 Å². The Kier molecular flexibility index (Phi) is 4.43. The molecular formula is C19H26N4O. The van der Waals surface area contributed by atoms with E-state index < -0.39 is 0 Å². The number of carbonyl (C=O) groups excluding carboxylic acids is 1. The summed E-state index contributed by atoms with van der Waals surface area (Å²) >= 11 is 0. The Hall–Kier alpha value is -2.17. The predicted molar refractivity (Wildman–Crippen MR) is 95.1 cm³/mol. The summed E-state index contributed by atoms with van der Waals surface area (Å²) in [6, 6.07) is 1.99. The Morgan fingerprint density at radius 1 is 1.17 bits per heavy atom. The molecule has 1 amide bonds. The largest absolute Gasteiger partial charge is 0.338 e. The first-order chi connectivity index (χ1) is 11.4. The molecule has 0 spiro atoms. The third kappa shape index (κ3) is 3.07. The van der Waals surface area contributed by atoms with Gasteiger partial charge in [-0.25, -0.2) is 9.50 Å². The fraction of sp³-hybridized carbons (Fsp3) is 0.526. The number of carbonyl (C=O) groups is 1. The lowest BCUT2D eigenvalue weighted by atomic mass is 10.0. The lowest BCUT2D eigenvalue weighted by molar-refractivity contribution is -0.131. The molecule has 2 aromatic rings. The van der Waals surface area contributed by atoms with Crippen LogP contribution in [0.5, 0.6) is 0 Å². The third-order valence-electron chi connectivity index (χ3n) is 5.14. The average molecular weight is 326 g/mol. The van der Waals surface area contributed by atoms with Crippen LogP contribution in [-0.4, -0.2) is 38.5 Å². The Morgan fingerprint density at radius 3 is 2.62 bits per heavy atom. The topological polar surface area (TPSA) is 50.5 Å². The van der Waals surface area contributed by atoms with Crippen LogP contribution >= 0.6 is 0 Å². The molecule has 5 heteroatoms. The fourth-order valence-corrected chi connectivity index (χ4v) is 3.42. The zero-order valence-electron chi connectivity index (χ0n) is 15.3. The van der Waals surface area contributed by atoms with Crippen molar-refractivity contribution in [3.05, 3.63) is 39.9 Å². The van der Waals surface area contributed by atoms with Crippen molar-refractivity contribution in [2.45, 2.75) is 53.9 Å². The zero-order valence-corrected chi connectivity index (χ0v) is 15.3. The molecule has 1 aliphatic rings. The van der Waals surface area contributed by atoms with Gasteiger partial charge in [0, 0.05) is 37.0 Å². The van der Waals surface area contributed by atoms with Gasteiger partial charge < -0.3 is 4.90 Å². The van der Waals surface area contributed by atoms with Gasteiger partial charge >= 0.3 is 0 Å². The second-order valence-electron chi connectivity index (χ2n) is 6.94. The summed E-state index contributed by atoms with van der Waals surface area (Å²) in [4.78, 5) is 19.2. The van der Waals surface area contributed by atoms with Gasteiger partial charge in [0.1, 0.15) is 0 Å².